The van der Waals surface area contributed by atoms with Gasteiger partial charge in [0.1, 0.15) is 5.82 Å². The molecule has 1 atom stereocenters. The molecule has 5 heteroatoms. The van der Waals surface area contributed by atoms with E-state index < -0.39 is 21.9 Å². The monoisotopic (exact) mass is 369 g/mol. The minimum Gasteiger partial charge on any atom is -0.212 e. The van der Waals surface area contributed by atoms with Gasteiger partial charge in [-0.05, 0) is 35.2 Å². The molecule has 0 bridgehead atoms. The lowest BCUT2D eigenvalue weighted by molar-refractivity contribution is 0.553. The van der Waals surface area contributed by atoms with Crippen LogP contribution in [-0.4, -0.2) is 8.42 Å². The molecule has 0 saturated heterocycles. The Labute approximate surface area is 153 Å². The van der Waals surface area contributed by atoms with E-state index in [1.165, 1.54) is 18.2 Å². The Kier molecular flexibility index (Phi) is 5.81. The molecule has 134 valence electrons. The van der Waals surface area contributed by atoms with Crippen molar-refractivity contribution in [3.63, 3.8) is 0 Å². The van der Waals surface area contributed by atoms with E-state index in [9.17, 15) is 12.8 Å². The maximum Gasteiger partial charge on any atom is 0.216 e. The fourth-order valence-corrected chi connectivity index (χ4v) is 4.22. The van der Waals surface area contributed by atoms with Gasteiger partial charge in [-0.25, -0.2) is 17.5 Å². The number of rotatable bonds is 7. The molecule has 0 aliphatic rings. The van der Waals surface area contributed by atoms with Crippen LogP contribution in [0.3, 0.4) is 0 Å². The van der Waals surface area contributed by atoms with Crippen molar-refractivity contribution >= 4 is 10.0 Å². The number of benzene rings is 3. The number of halogens is 1. The summed E-state index contributed by atoms with van der Waals surface area (Å²) < 4.78 is 41.4. The molecule has 1 unspecified atom stereocenters. The second-order valence-electron chi connectivity index (χ2n) is 6.16. The van der Waals surface area contributed by atoms with Gasteiger partial charge >= 0.3 is 0 Å². The Morgan fingerprint density at radius 1 is 0.808 bits per heavy atom. The Morgan fingerprint density at radius 2 is 1.42 bits per heavy atom. The van der Waals surface area contributed by atoms with Crippen LogP contribution in [0.2, 0.25) is 0 Å². The summed E-state index contributed by atoms with van der Waals surface area (Å²) in [6, 6.07) is 24.5. The van der Waals surface area contributed by atoms with Crippen LogP contribution >= 0.6 is 0 Å². The van der Waals surface area contributed by atoms with E-state index in [4.69, 9.17) is 0 Å². The van der Waals surface area contributed by atoms with Crippen LogP contribution in [0.1, 0.15) is 22.7 Å². The molecule has 3 aromatic carbocycles. The minimum absolute atomic E-state index is 0.261. The van der Waals surface area contributed by atoms with Gasteiger partial charge in [-0.2, -0.15) is 0 Å². The topological polar surface area (TPSA) is 46.2 Å². The van der Waals surface area contributed by atoms with Crippen LogP contribution in [0.15, 0.2) is 84.9 Å². The van der Waals surface area contributed by atoms with E-state index in [0.717, 1.165) is 11.1 Å². The Bertz CT molecular complexity index is 944. The predicted molar refractivity (Wildman–Crippen MR) is 101 cm³/mol. The highest BCUT2D eigenvalue weighted by Crippen LogP contribution is 2.20. The quantitative estimate of drug-likeness (QED) is 0.677. The molecule has 0 aliphatic heterocycles. The Morgan fingerprint density at radius 3 is 2.08 bits per heavy atom. The van der Waals surface area contributed by atoms with Gasteiger partial charge in [0.15, 0.2) is 0 Å². The molecule has 0 radical (unpaired) electrons. The highest BCUT2D eigenvalue weighted by molar-refractivity contribution is 7.88. The molecule has 0 aliphatic carbocycles. The molecule has 0 aromatic heterocycles. The average Bonchev–Trinajstić information content (AvgIpc) is 2.62. The van der Waals surface area contributed by atoms with Crippen LogP contribution < -0.4 is 4.72 Å². The highest BCUT2D eigenvalue weighted by atomic mass is 32.2. The van der Waals surface area contributed by atoms with Gasteiger partial charge in [0.2, 0.25) is 10.0 Å². The fraction of sp³-hybridized carbons (Fsp3) is 0.143. The maximum absolute atomic E-state index is 13.3. The van der Waals surface area contributed by atoms with E-state index in [0.29, 0.717) is 12.0 Å². The molecular weight excluding hydrogens is 349 g/mol. The summed E-state index contributed by atoms with van der Waals surface area (Å²) in [4.78, 5) is 0. The van der Waals surface area contributed by atoms with E-state index in [1.807, 2.05) is 60.7 Å². The zero-order valence-corrected chi connectivity index (χ0v) is 15.0. The average molecular weight is 369 g/mol. The first-order valence-electron chi connectivity index (χ1n) is 8.35. The second-order valence-corrected chi connectivity index (χ2v) is 7.91. The highest BCUT2D eigenvalue weighted by Gasteiger charge is 2.20. The molecule has 0 spiro atoms. The van der Waals surface area contributed by atoms with E-state index in [-0.39, 0.29) is 5.75 Å². The molecule has 0 saturated carbocycles. The molecule has 3 aromatic rings. The van der Waals surface area contributed by atoms with Crippen molar-refractivity contribution in [2.45, 2.75) is 18.2 Å². The summed E-state index contributed by atoms with van der Waals surface area (Å²) in [5.41, 5.74) is 2.35. The van der Waals surface area contributed by atoms with Crippen LogP contribution in [0.25, 0.3) is 0 Å². The van der Waals surface area contributed by atoms with Crippen LogP contribution in [0, 0.1) is 5.82 Å². The van der Waals surface area contributed by atoms with Crippen LogP contribution in [0.5, 0.6) is 0 Å². The van der Waals surface area contributed by atoms with Crippen LogP contribution in [0.4, 0.5) is 4.39 Å². The number of sulfonamides is 1. The van der Waals surface area contributed by atoms with Crippen molar-refractivity contribution in [3.8, 4) is 0 Å². The lowest BCUT2D eigenvalue weighted by Gasteiger charge is -2.19. The van der Waals surface area contributed by atoms with Gasteiger partial charge in [-0.3, -0.25) is 0 Å². The van der Waals surface area contributed by atoms with Gasteiger partial charge in [-0.15, -0.1) is 0 Å². The minimum atomic E-state index is -3.64. The van der Waals surface area contributed by atoms with Gasteiger partial charge in [0, 0.05) is 0 Å². The van der Waals surface area contributed by atoms with Crippen molar-refractivity contribution in [1.29, 1.82) is 0 Å². The van der Waals surface area contributed by atoms with Crippen molar-refractivity contribution in [2.75, 3.05) is 0 Å². The predicted octanol–water partition coefficient (Wildman–Crippen LogP) is 4.23. The lowest BCUT2D eigenvalue weighted by atomic mass is 10.00. The molecular formula is C21H20FNO2S. The van der Waals surface area contributed by atoms with E-state index >= 15 is 0 Å². The molecule has 3 nitrogen and oxygen atoms in total. The first-order valence-corrected chi connectivity index (χ1v) is 10.0. The molecule has 0 heterocycles. The zero-order chi connectivity index (χ0) is 18.4. The standard InChI is InChI=1S/C21H20FNO2S/c22-20-13-7-10-18(14-20)16-26(24,25)23-21(19-11-5-2-6-12-19)15-17-8-3-1-4-9-17/h1-14,21,23H,15-16H2. The second kappa shape index (κ2) is 8.25. The molecule has 0 fully saturated rings. The van der Waals surface area contributed by atoms with Crippen molar-refractivity contribution in [2.24, 2.45) is 0 Å². The number of hydrogen-bond acceptors (Lipinski definition) is 2. The first-order chi connectivity index (χ1) is 12.5. The van der Waals surface area contributed by atoms with Crippen molar-refractivity contribution in [3.05, 3.63) is 107 Å². The number of hydrogen-bond donors (Lipinski definition) is 1. The smallest absolute Gasteiger partial charge is 0.212 e. The summed E-state index contributed by atoms with van der Waals surface area (Å²) in [6.07, 6.45) is 0.535. The lowest BCUT2D eigenvalue weighted by Crippen LogP contribution is -2.31. The molecule has 1 N–H and O–H groups in total. The van der Waals surface area contributed by atoms with Gasteiger partial charge in [0.25, 0.3) is 0 Å². The fourth-order valence-electron chi connectivity index (χ4n) is 2.87. The third kappa shape index (κ3) is 5.25. The van der Waals surface area contributed by atoms with Crippen molar-refractivity contribution < 1.29 is 12.8 Å². The third-order valence-corrected chi connectivity index (χ3v) is 5.41. The molecule has 3 rings (SSSR count). The third-order valence-electron chi connectivity index (χ3n) is 4.05. The van der Waals surface area contributed by atoms with Gasteiger partial charge < -0.3 is 0 Å². The first kappa shape index (κ1) is 18.3. The van der Waals surface area contributed by atoms with E-state index in [2.05, 4.69) is 4.72 Å². The summed E-state index contributed by atoms with van der Waals surface area (Å²) in [5, 5.41) is 0. The van der Waals surface area contributed by atoms with E-state index in [1.54, 1.807) is 6.07 Å². The largest absolute Gasteiger partial charge is 0.216 e. The van der Waals surface area contributed by atoms with Crippen LogP contribution in [-0.2, 0) is 22.2 Å². The summed E-state index contributed by atoms with van der Waals surface area (Å²) in [5.74, 6) is -0.704. The Balaban J connectivity index is 1.82. The van der Waals surface area contributed by atoms with Crippen molar-refractivity contribution in [1.82, 2.24) is 4.72 Å². The Hall–Kier alpha value is -2.50. The normalized spacial score (nSPS) is 12.7. The van der Waals surface area contributed by atoms with Gasteiger partial charge in [-0.1, -0.05) is 72.8 Å². The number of nitrogens with one attached hydrogen (secondary N) is 1. The molecule has 0 amide bonds. The summed E-state index contributed by atoms with van der Waals surface area (Å²) in [6.45, 7) is 0. The zero-order valence-electron chi connectivity index (χ0n) is 14.2. The van der Waals surface area contributed by atoms with Gasteiger partial charge in [0.05, 0.1) is 11.8 Å². The SMILES string of the molecule is O=S(=O)(Cc1cccc(F)c1)NC(Cc1ccccc1)c1ccccc1. The summed E-state index contributed by atoms with van der Waals surface area (Å²) in [7, 11) is -3.64. The molecule has 26 heavy (non-hydrogen) atoms. The summed E-state index contributed by atoms with van der Waals surface area (Å²) >= 11 is 0. The maximum atomic E-state index is 13.3.